The molecule has 0 aromatic carbocycles. The van der Waals surface area contributed by atoms with Crippen LogP contribution in [0.5, 0.6) is 0 Å². The van der Waals surface area contributed by atoms with E-state index in [0.29, 0.717) is 23.9 Å². The normalized spacial score (nSPS) is 31.7. The Morgan fingerprint density at radius 2 is 2.24 bits per heavy atom. The third-order valence-corrected chi connectivity index (χ3v) is 5.81. The fraction of sp³-hybridized carbons (Fsp3) is 0.688. The van der Waals surface area contributed by atoms with Gasteiger partial charge in [-0.1, -0.05) is 6.92 Å². The average Bonchev–Trinajstić information content (AvgIpc) is 2.93. The van der Waals surface area contributed by atoms with Crippen LogP contribution in [0.4, 0.5) is 0 Å². The van der Waals surface area contributed by atoms with Crippen LogP contribution in [0.1, 0.15) is 42.7 Å². The van der Waals surface area contributed by atoms with E-state index in [1.807, 2.05) is 6.07 Å². The summed E-state index contributed by atoms with van der Waals surface area (Å²) in [6, 6.07) is 2.94. The van der Waals surface area contributed by atoms with Crippen molar-refractivity contribution >= 4 is 21.8 Å². The SMILES string of the molecule is CCC1C2CNCC2CN1C(=O)c1cc(Br)cn1C1CC1. The maximum atomic E-state index is 13.1. The zero-order valence-electron chi connectivity index (χ0n) is 12.4. The van der Waals surface area contributed by atoms with E-state index in [1.165, 1.54) is 12.8 Å². The standard InChI is InChI=1S/C16H22BrN3O/c1-2-14-13-7-18-6-10(13)8-20(14)16(21)15-5-11(17)9-19(15)12-3-4-12/h5,9-10,12-14,18H,2-4,6-8H2,1H3. The quantitative estimate of drug-likeness (QED) is 0.908. The van der Waals surface area contributed by atoms with Gasteiger partial charge in [-0.05, 0) is 53.1 Å². The molecule has 3 aliphatic rings. The summed E-state index contributed by atoms with van der Waals surface area (Å²) in [6.45, 7) is 5.27. The molecule has 3 heterocycles. The summed E-state index contributed by atoms with van der Waals surface area (Å²) in [5.41, 5.74) is 0.871. The van der Waals surface area contributed by atoms with Crippen molar-refractivity contribution in [3.63, 3.8) is 0 Å². The van der Waals surface area contributed by atoms with Gasteiger partial charge in [0.1, 0.15) is 5.69 Å². The number of rotatable bonds is 3. The minimum Gasteiger partial charge on any atom is -0.339 e. The Morgan fingerprint density at radius 1 is 1.43 bits per heavy atom. The van der Waals surface area contributed by atoms with Crippen LogP contribution in [0, 0.1) is 11.8 Å². The van der Waals surface area contributed by atoms with Gasteiger partial charge < -0.3 is 14.8 Å². The number of likely N-dealkylation sites (tertiary alicyclic amines) is 1. The first-order chi connectivity index (χ1) is 10.2. The third-order valence-electron chi connectivity index (χ3n) is 5.37. The lowest BCUT2D eigenvalue weighted by molar-refractivity contribution is 0.0700. The van der Waals surface area contributed by atoms with Gasteiger partial charge in [0.05, 0.1) is 0 Å². The highest BCUT2D eigenvalue weighted by Gasteiger charge is 2.46. The van der Waals surface area contributed by atoms with Crippen molar-refractivity contribution in [3.8, 4) is 0 Å². The van der Waals surface area contributed by atoms with Gasteiger partial charge in [0.15, 0.2) is 0 Å². The number of amides is 1. The summed E-state index contributed by atoms with van der Waals surface area (Å²) in [4.78, 5) is 15.2. The summed E-state index contributed by atoms with van der Waals surface area (Å²) in [5, 5.41) is 3.48. The Kier molecular flexibility index (Phi) is 3.38. The molecule has 5 heteroatoms. The van der Waals surface area contributed by atoms with Crippen molar-refractivity contribution < 1.29 is 4.79 Å². The van der Waals surface area contributed by atoms with Crippen LogP contribution >= 0.6 is 15.9 Å². The maximum Gasteiger partial charge on any atom is 0.270 e. The molecule has 21 heavy (non-hydrogen) atoms. The van der Waals surface area contributed by atoms with E-state index in [4.69, 9.17) is 0 Å². The second kappa shape index (κ2) is 5.13. The molecule has 1 saturated carbocycles. The fourth-order valence-electron chi connectivity index (χ4n) is 4.20. The highest BCUT2D eigenvalue weighted by molar-refractivity contribution is 9.10. The molecule has 0 radical (unpaired) electrons. The van der Waals surface area contributed by atoms with Gasteiger partial charge in [-0.25, -0.2) is 0 Å². The van der Waals surface area contributed by atoms with Crippen molar-refractivity contribution in [1.29, 1.82) is 0 Å². The summed E-state index contributed by atoms with van der Waals surface area (Å²) >= 11 is 3.54. The van der Waals surface area contributed by atoms with Gasteiger partial charge in [-0.15, -0.1) is 0 Å². The molecular formula is C16H22BrN3O. The number of fused-ring (bicyclic) bond motifs is 1. The monoisotopic (exact) mass is 351 g/mol. The van der Waals surface area contributed by atoms with Crippen LogP contribution in [0.15, 0.2) is 16.7 Å². The van der Waals surface area contributed by atoms with Gasteiger partial charge in [0, 0.05) is 42.4 Å². The van der Waals surface area contributed by atoms with Crippen LogP contribution in [0.2, 0.25) is 0 Å². The van der Waals surface area contributed by atoms with Gasteiger partial charge in [0.2, 0.25) is 0 Å². The van der Waals surface area contributed by atoms with Crippen molar-refractivity contribution in [2.24, 2.45) is 11.8 Å². The van der Waals surface area contributed by atoms with Crippen LogP contribution in [0.25, 0.3) is 0 Å². The molecule has 3 unspecified atom stereocenters. The Hall–Kier alpha value is -0.810. The number of hydrogen-bond donors (Lipinski definition) is 1. The third kappa shape index (κ3) is 2.25. The average molecular weight is 352 g/mol. The molecule has 2 aliphatic heterocycles. The van der Waals surface area contributed by atoms with Gasteiger partial charge in [0.25, 0.3) is 5.91 Å². The molecule has 4 nitrogen and oxygen atoms in total. The van der Waals surface area contributed by atoms with E-state index in [2.05, 4.69) is 43.8 Å². The number of carbonyl (C=O) groups excluding carboxylic acids is 1. The van der Waals surface area contributed by atoms with Crippen molar-refractivity contribution in [2.75, 3.05) is 19.6 Å². The van der Waals surface area contributed by atoms with Gasteiger partial charge >= 0.3 is 0 Å². The molecule has 1 aromatic heterocycles. The zero-order valence-corrected chi connectivity index (χ0v) is 14.0. The van der Waals surface area contributed by atoms with Crippen LogP contribution in [0.3, 0.4) is 0 Å². The fourth-order valence-corrected chi connectivity index (χ4v) is 4.64. The van der Waals surface area contributed by atoms with E-state index in [9.17, 15) is 4.79 Å². The van der Waals surface area contributed by atoms with Crippen LogP contribution in [-0.4, -0.2) is 41.1 Å². The molecule has 1 amide bonds. The lowest BCUT2D eigenvalue weighted by Gasteiger charge is -2.27. The molecule has 1 aromatic rings. The lowest BCUT2D eigenvalue weighted by Crippen LogP contribution is -2.40. The molecule has 114 valence electrons. The number of aromatic nitrogens is 1. The molecule has 1 N–H and O–H groups in total. The molecule has 2 saturated heterocycles. The molecule has 4 rings (SSSR count). The maximum absolute atomic E-state index is 13.1. The van der Waals surface area contributed by atoms with Crippen molar-refractivity contribution in [2.45, 2.75) is 38.3 Å². The predicted molar refractivity (Wildman–Crippen MR) is 85.4 cm³/mol. The zero-order chi connectivity index (χ0) is 14.6. The molecule has 0 bridgehead atoms. The van der Waals surface area contributed by atoms with E-state index in [0.717, 1.165) is 36.2 Å². The minimum atomic E-state index is 0.230. The first-order valence-corrected chi connectivity index (χ1v) is 8.87. The summed E-state index contributed by atoms with van der Waals surface area (Å²) in [7, 11) is 0. The second-order valence-corrected chi connectivity index (χ2v) is 7.61. The van der Waals surface area contributed by atoms with Crippen molar-refractivity contribution in [1.82, 2.24) is 14.8 Å². The number of carbonyl (C=O) groups is 1. The molecule has 1 aliphatic carbocycles. The minimum absolute atomic E-state index is 0.230. The number of halogens is 1. The first-order valence-electron chi connectivity index (χ1n) is 8.08. The van der Waals surface area contributed by atoms with Crippen LogP contribution in [-0.2, 0) is 0 Å². The van der Waals surface area contributed by atoms with E-state index in [1.54, 1.807) is 0 Å². The molecule has 3 atom stereocenters. The number of hydrogen-bond acceptors (Lipinski definition) is 2. The largest absolute Gasteiger partial charge is 0.339 e. The Morgan fingerprint density at radius 3 is 2.95 bits per heavy atom. The van der Waals surface area contributed by atoms with E-state index < -0.39 is 0 Å². The molecule has 0 spiro atoms. The summed E-state index contributed by atoms with van der Waals surface area (Å²) in [6.07, 6.45) is 5.53. The Bertz CT molecular complexity index is 566. The Balaban J connectivity index is 1.62. The first kappa shape index (κ1) is 13.8. The predicted octanol–water partition coefficient (Wildman–Crippen LogP) is 2.66. The van der Waals surface area contributed by atoms with E-state index in [-0.39, 0.29) is 5.91 Å². The van der Waals surface area contributed by atoms with Gasteiger partial charge in [-0.2, -0.15) is 0 Å². The van der Waals surface area contributed by atoms with E-state index >= 15 is 0 Å². The summed E-state index contributed by atoms with van der Waals surface area (Å²) < 4.78 is 3.21. The number of nitrogens with one attached hydrogen (secondary N) is 1. The van der Waals surface area contributed by atoms with Crippen molar-refractivity contribution in [3.05, 3.63) is 22.4 Å². The number of nitrogens with zero attached hydrogens (tertiary/aromatic N) is 2. The lowest BCUT2D eigenvalue weighted by atomic mass is 9.93. The highest BCUT2D eigenvalue weighted by Crippen LogP contribution is 2.39. The smallest absolute Gasteiger partial charge is 0.270 e. The summed E-state index contributed by atoms with van der Waals surface area (Å²) in [5.74, 6) is 1.52. The second-order valence-electron chi connectivity index (χ2n) is 6.70. The molecular weight excluding hydrogens is 330 g/mol. The Labute approximate surface area is 134 Å². The van der Waals surface area contributed by atoms with Gasteiger partial charge in [-0.3, -0.25) is 4.79 Å². The van der Waals surface area contributed by atoms with Crippen LogP contribution < -0.4 is 5.32 Å². The molecule has 3 fully saturated rings. The highest BCUT2D eigenvalue weighted by atomic mass is 79.9. The topological polar surface area (TPSA) is 37.3 Å².